The summed E-state index contributed by atoms with van der Waals surface area (Å²) in [5, 5.41) is 9.35. The lowest BCUT2D eigenvalue weighted by Gasteiger charge is -2.31. The van der Waals surface area contributed by atoms with E-state index in [0.717, 1.165) is 22.5 Å². The second-order valence-corrected chi connectivity index (χ2v) is 9.48. The van der Waals surface area contributed by atoms with Crippen LogP contribution in [0.25, 0.3) is 0 Å². The summed E-state index contributed by atoms with van der Waals surface area (Å²) in [7, 11) is -3.46. The van der Waals surface area contributed by atoms with Gasteiger partial charge in [-0.15, -0.1) is 0 Å². The number of hydrogen-bond acceptors (Lipinski definition) is 5. The van der Waals surface area contributed by atoms with E-state index in [2.05, 4.69) is 20.9 Å². The standard InChI is InChI=1S/C22H23N5O2S/c1-30(28,29)27-13-19-9-18(11-23)7-8-22(19)26(14-20-12-24-16-25-20)15-21(27)10-17-5-3-2-4-6-17/h2-9,12,16,21H,10,13-15H2,1H3,(H,24,25)/t21-/m1/s1. The molecule has 8 heteroatoms. The maximum atomic E-state index is 12.8. The molecule has 0 saturated carbocycles. The SMILES string of the molecule is CS(=O)(=O)N1Cc2cc(C#N)ccc2N(Cc2c[nH]cn2)C[C@H]1Cc1ccccc1. The largest absolute Gasteiger partial charge is 0.364 e. The number of aromatic nitrogens is 2. The van der Waals surface area contributed by atoms with Gasteiger partial charge in [0.25, 0.3) is 0 Å². The van der Waals surface area contributed by atoms with Crippen LogP contribution in [0.4, 0.5) is 5.69 Å². The number of nitrogens with zero attached hydrogens (tertiary/aromatic N) is 4. The van der Waals surface area contributed by atoms with Crippen LogP contribution in [-0.2, 0) is 29.5 Å². The van der Waals surface area contributed by atoms with E-state index in [0.29, 0.717) is 25.1 Å². The Morgan fingerprint density at radius 1 is 1.23 bits per heavy atom. The van der Waals surface area contributed by atoms with E-state index in [4.69, 9.17) is 0 Å². The number of anilines is 1. The number of nitrogens with one attached hydrogen (secondary N) is 1. The summed E-state index contributed by atoms with van der Waals surface area (Å²) < 4.78 is 27.1. The van der Waals surface area contributed by atoms with Gasteiger partial charge in [-0.05, 0) is 35.7 Å². The number of H-pyrrole nitrogens is 1. The van der Waals surface area contributed by atoms with Gasteiger partial charge in [-0.2, -0.15) is 9.57 Å². The molecule has 4 rings (SSSR count). The first-order valence-corrected chi connectivity index (χ1v) is 11.6. The van der Waals surface area contributed by atoms with Crippen LogP contribution < -0.4 is 4.90 Å². The normalized spacial score (nSPS) is 17.2. The maximum absolute atomic E-state index is 12.8. The van der Waals surface area contributed by atoms with Crippen LogP contribution >= 0.6 is 0 Å². The van der Waals surface area contributed by atoms with Crippen LogP contribution in [0.15, 0.2) is 61.1 Å². The first kappa shape index (κ1) is 20.1. The zero-order valence-electron chi connectivity index (χ0n) is 16.7. The minimum Gasteiger partial charge on any atom is -0.364 e. The van der Waals surface area contributed by atoms with Gasteiger partial charge in [-0.3, -0.25) is 0 Å². The van der Waals surface area contributed by atoms with E-state index in [9.17, 15) is 13.7 Å². The molecule has 0 spiro atoms. The van der Waals surface area contributed by atoms with E-state index in [1.54, 1.807) is 22.8 Å². The van der Waals surface area contributed by atoms with Crippen molar-refractivity contribution in [2.45, 2.75) is 25.6 Å². The average molecular weight is 422 g/mol. The van der Waals surface area contributed by atoms with Crippen molar-refractivity contribution in [3.8, 4) is 6.07 Å². The van der Waals surface area contributed by atoms with Gasteiger partial charge in [0.05, 0.1) is 36.5 Å². The van der Waals surface area contributed by atoms with E-state index in [-0.39, 0.29) is 12.6 Å². The Kier molecular flexibility index (Phi) is 5.57. The Labute approximate surface area is 176 Å². The molecule has 0 unspecified atom stereocenters. The molecule has 0 saturated heterocycles. The number of benzene rings is 2. The summed E-state index contributed by atoms with van der Waals surface area (Å²) in [5.74, 6) is 0. The Morgan fingerprint density at radius 2 is 2.03 bits per heavy atom. The molecule has 3 aromatic rings. The number of hydrogen-bond donors (Lipinski definition) is 1. The van der Waals surface area contributed by atoms with Gasteiger partial charge in [-0.1, -0.05) is 30.3 Å². The Hall–Kier alpha value is -3.15. The predicted molar refractivity (Wildman–Crippen MR) is 115 cm³/mol. The van der Waals surface area contributed by atoms with Crippen LogP contribution in [0.2, 0.25) is 0 Å². The monoisotopic (exact) mass is 421 g/mol. The maximum Gasteiger partial charge on any atom is 0.211 e. The van der Waals surface area contributed by atoms with Crippen molar-refractivity contribution in [3.05, 3.63) is 83.4 Å². The van der Waals surface area contributed by atoms with E-state index in [1.807, 2.05) is 42.6 Å². The third-order valence-electron chi connectivity index (χ3n) is 5.36. The van der Waals surface area contributed by atoms with Crippen LogP contribution in [0.1, 0.15) is 22.4 Å². The van der Waals surface area contributed by atoms with Crippen molar-refractivity contribution >= 4 is 15.7 Å². The van der Waals surface area contributed by atoms with Crippen LogP contribution in [0, 0.1) is 11.3 Å². The molecule has 7 nitrogen and oxygen atoms in total. The number of nitriles is 1. The Morgan fingerprint density at radius 3 is 2.70 bits per heavy atom. The van der Waals surface area contributed by atoms with Gasteiger partial charge in [0.2, 0.25) is 10.0 Å². The molecule has 1 aliphatic rings. The van der Waals surface area contributed by atoms with Crippen molar-refractivity contribution < 1.29 is 8.42 Å². The number of rotatable bonds is 5. The van der Waals surface area contributed by atoms with E-state index >= 15 is 0 Å². The molecule has 154 valence electrons. The summed E-state index contributed by atoms with van der Waals surface area (Å²) >= 11 is 0. The van der Waals surface area contributed by atoms with Crippen molar-refractivity contribution in [1.29, 1.82) is 5.26 Å². The summed E-state index contributed by atoms with van der Waals surface area (Å²) in [6, 6.07) is 17.3. The molecule has 0 amide bonds. The lowest BCUT2D eigenvalue weighted by atomic mass is 10.1. The number of fused-ring (bicyclic) bond motifs is 1. The topological polar surface area (TPSA) is 93.1 Å². The summed E-state index contributed by atoms with van der Waals surface area (Å²) in [6.07, 6.45) is 5.33. The first-order chi connectivity index (χ1) is 14.4. The number of sulfonamides is 1. The molecule has 0 fully saturated rings. The van der Waals surface area contributed by atoms with Crippen molar-refractivity contribution in [1.82, 2.24) is 14.3 Å². The quantitative estimate of drug-likeness (QED) is 0.684. The van der Waals surface area contributed by atoms with E-state index < -0.39 is 10.0 Å². The van der Waals surface area contributed by atoms with Crippen molar-refractivity contribution in [3.63, 3.8) is 0 Å². The zero-order chi connectivity index (χ0) is 21.1. The fraction of sp³-hybridized carbons (Fsp3) is 0.273. The van der Waals surface area contributed by atoms with Gasteiger partial charge in [0.1, 0.15) is 0 Å². The van der Waals surface area contributed by atoms with Gasteiger partial charge < -0.3 is 9.88 Å². The van der Waals surface area contributed by atoms with Crippen LogP contribution in [0.5, 0.6) is 0 Å². The van der Waals surface area contributed by atoms with Gasteiger partial charge in [0, 0.05) is 31.0 Å². The van der Waals surface area contributed by atoms with Gasteiger partial charge >= 0.3 is 0 Å². The first-order valence-electron chi connectivity index (χ1n) is 9.70. The molecular formula is C22H23N5O2S. The van der Waals surface area contributed by atoms with Crippen molar-refractivity contribution in [2.75, 3.05) is 17.7 Å². The molecule has 0 radical (unpaired) electrons. The highest BCUT2D eigenvalue weighted by Gasteiger charge is 2.33. The highest BCUT2D eigenvalue weighted by atomic mass is 32.2. The molecule has 1 aromatic heterocycles. The zero-order valence-corrected chi connectivity index (χ0v) is 17.5. The van der Waals surface area contributed by atoms with Gasteiger partial charge in [0.15, 0.2) is 0 Å². The third kappa shape index (κ3) is 4.37. The summed E-state index contributed by atoms with van der Waals surface area (Å²) in [6.45, 7) is 1.30. The lowest BCUT2D eigenvalue weighted by molar-refractivity contribution is 0.320. The summed E-state index contributed by atoms with van der Waals surface area (Å²) in [5.41, 5.74) is 4.23. The van der Waals surface area contributed by atoms with Gasteiger partial charge in [-0.25, -0.2) is 13.4 Å². The molecule has 1 atom stereocenters. The third-order valence-corrected chi connectivity index (χ3v) is 6.64. The summed E-state index contributed by atoms with van der Waals surface area (Å²) in [4.78, 5) is 9.48. The molecule has 2 heterocycles. The highest BCUT2D eigenvalue weighted by Crippen LogP contribution is 2.31. The predicted octanol–water partition coefficient (Wildman–Crippen LogP) is 2.67. The molecule has 2 aromatic carbocycles. The van der Waals surface area contributed by atoms with Crippen LogP contribution in [-0.4, -0.2) is 41.5 Å². The molecule has 1 N–H and O–H groups in total. The molecule has 30 heavy (non-hydrogen) atoms. The smallest absolute Gasteiger partial charge is 0.211 e. The fourth-order valence-electron chi connectivity index (χ4n) is 3.99. The lowest BCUT2D eigenvalue weighted by Crippen LogP contribution is -2.45. The minimum absolute atomic E-state index is 0.234. The van der Waals surface area contributed by atoms with Crippen molar-refractivity contribution in [2.24, 2.45) is 0 Å². The van der Waals surface area contributed by atoms with E-state index in [1.165, 1.54) is 6.26 Å². The fourth-order valence-corrected chi connectivity index (χ4v) is 5.05. The minimum atomic E-state index is -3.46. The van der Waals surface area contributed by atoms with Crippen LogP contribution in [0.3, 0.4) is 0 Å². The Bertz CT molecular complexity index is 1150. The second-order valence-electron chi connectivity index (χ2n) is 7.55. The Balaban J connectivity index is 1.77. The molecule has 0 aliphatic carbocycles. The molecular weight excluding hydrogens is 398 g/mol. The molecule has 0 bridgehead atoms. The second kappa shape index (κ2) is 8.30. The number of imidazole rings is 1. The molecule has 1 aliphatic heterocycles. The average Bonchev–Trinajstić information content (AvgIpc) is 3.18. The number of aromatic amines is 1. The highest BCUT2D eigenvalue weighted by molar-refractivity contribution is 7.88.